The smallest absolute Gasteiger partial charge is 0.272 e. The van der Waals surface area contributed by atoms with E-state index in [1.807, 2.05) is 6.92 Å². The van der Waals surface area contributed by atoms with Crippen LogP contribution in [0.3, 0.4) is 0 Å². The molecule has 0 spiro atoms. The van der Waals surface area contributed by atoms with Gasteiger partial charge in [-0.1, -0.05) is 0 Å². The Morgan fingerprint density at radius 1 is 1.24 bits per heavy atom. The largest absolute Gasteiger partial charge is 0.342 e. The molecule has 8 nitrogen and oxygen atoms in total. The SMILES string of the molecule is CCN1C[C@@H](c2cc(=O)n3[nH]cc(C(=O)Nc4cc(F)cc(F)c4)c3n2)CC1=O. The van der Waals surface area contributed by atoms with Crippen molar-refractivity contribution >= 4 is 23.1 Å². The Bertz CT molecular complexity index is 1170. The molecule has 2 aromatic heterocycles. The normalized spacial score (nSPS) is 16.6. The van der Waals surface area contributed by atoms with Crippen LogP contribution in [0, 0.1) is 11.6 Å². The fourth-order valence-corrected chi connectivity index (χ4v) is 3.48. The number of amides is 2. The van der Waals surface area contributed by atoms with Crippen molar-refractivity contribution in [2.45, 2.75) is 19.3 Å². The summed E-state index contributed by atoms with van der Waals surface area (Å²) >= 11 is 0. The number of anilines is 1. The van der Waals surface area contributed by atoms with E-state index in [1.165, 1.54) is 12.3 Å². The molecule has 0 radical (unpaired) electrons. The molecule has 0 unspecified atom stereocenters. The van der Waals surface area contributed by atoms with Crippen LogP contribution in [0.15, 0.2) is 35.3 Å². The molecular formula is C19H17F2N5O3. The van der Waals surface area contributed by atoms with Gasteiger partial charge in [0.1, 0.15) is 17.2 Å². The number of rotatable bonds is 4. The molecule has 1 aliphatic heterocycles. The summed E-state index contributed by atoms with van der Waals surface area (Å²) in [5.74, 6) is -2.61. The number of H-pyrrole nitrogens is 1. The van der Waals surface area contributed by atoms with Gasteiger partial charge in [0.25, 0.3) is 11.5 Å². The summed E-state index contributed by atoms with van der Waals surface area (Å²) in [6.45, 7) is 2.89. The molecule has 29 heavy (non-hydrogen) atoms. The molecule has 0 saturated carbocycles. The molecule has 0 aliphatic carbocycles. The van der Waals surface area contributed by atoms with Crippen molar-refractivity contribution in [1.82, 2.24) is 19.5 Å². The van der Waals surface area contributed by atoms with Gasteiger partial charge in [0.2, 0.25) is 5.91 Å². The Hall–Kier alpha value is -3.56. The fraction of sp³-hybridized carbons (Fsp3) is 0.263. The van der Waals surface area contributed by atoms with Crippen molar-refractivity contribution in [1.29, 1.82) is 0 Å². The number of hydrogen-bond donors (Lipinski definition) is 2. The predicted octanol–water partition coefficient (Wildman–Crippen LogP) is 1.89. The number of benzene rings is 1. The first-order chi connectivity index (χ1) is 13.9. The number of likely N-dealkylation sites (N-methyl/N-ethyl adjacent to an activating group) is 1. The average Bonchev–Trinajstić information content (AvgIpc) is 3.24. The Labute approximate surface area is 163 Å². The summed E-state index contributed by atoms with van der Waals surface area (Å²) in [5.41, 5.74) is 0.0351. The Balaban J connectivity index is 1.69. The van der Waals surface area contributed by atoms with Gasteiger partial charge in [-0.3, -0.25) is 19.5 Å². The molecule has 1 aliphatic rings. The molecule has 3 heterocycles. The quantitative estimate of drug-likeness (QED) is 0.697. The van der Waals surface area contributed by atoms with Crippen LogP contribution in [0.1, 0.15) is 35.3 Å². The first kappa shape index (κ1) is 18.8. The maximum Gasteiger partial charge on any atom is 0.272 e. The lowest BCUT2D eigenvalue weighted by Gasteiger charge is -2.13. The zero-order valence-corrected chi connectivity index (χ0v) is 15.4. The predicted molar refractivity (Wildman–Crippen MR) is 99.7 cm³/mol. The van der Waals surface area contributed by atoms with E-state index in [0.29, 0.717) is 24.8 Å². The van der Waals surface area contributed by atoms with Gasteiger partial charge in [-0.15, -0.1) is 0 Å². The minimum atomic E-state index is -0.831. The third kappa shape index (κ3) is 3.48. The van der Waals surface area contributed by atoms with Gasteiger partial charge >= 0.3 is 0 Å². The average molecular weight is 401 g/mol. The van der Waals surface area contributed by atoms with Crippen LogP contribution < -0.4 is 10.9 Å². The highest BCUT2D eigenvalue weighted by Gasteiger charge is 2.31. The molecule has 1 saturated heterocycles. The van der Waals surface area contributed by atoms with Crippen molar-refractivity contribution < 1.29 is 18.4 Å². The first-order valence-corrected chi connectivity index (χ1v) is 9.02. The van der Waals surface area contributed by atoms with Crippen molar-refractivity contribution in [3.8, 4) is 0 Å². The van der Waals surface area contributed by atoms with E-state index in [9.17, 15) is 23.2 Å². The zero-order chi connectivity index (χ0) is 20.7. The van der Waals surface area contributed by atoms with Crippen LogP contribution in [0.4, 0.5) is 14.5 Å². The Morgan fingerprint density at radius 2 is 1.97 bits per heavy atom. The summed E-state index contributed by atoms with van der Waals surface area (Å²) in [6.07, 6.45) is 1.53. The van der Waals surface area contributed by atoms with E-state index < -0.39 is 23.1 Å². The van der Waals surface area contributed by atoms with Crippen LogP contribution in [-0.4, -0.2) is 44.4 Å². The lowest BCUT2D eigenvalue weighted by Crippen LogP contribution is -2.24. The maximum absolute atomic E-state index is 13.4. The Kier molecular flexibility index (Phi) is 4.61. The van der Waals surface area contributed by atoms with Gasteiger partial charge in [-0.25, -0.2) is 18.3 Å². The summed E-state index contributed by atoms with van der Waals surface area (Å²) in [6, 6.07) is 3.98. The van der Waals surface area contributed by atoms with Crippen LogP contribution in [0.5, 0.6) is 0 Å². The van der Waals surface area contributed by atoms with E-state index in [4.69, 9.17) is 0 Å². The number of nitrogens with one attached hydrogen (secondary N) is 2. The van der Waals surface area contributed by atoms with E-state index in [0.717, 1.165) is 16.6 Å². The molecule has 1 aromatic carbocycles. The van der Waals surface area contributed by atoms with E-state index in [-0.39, 0.29) is 35.1 Å². The zero-order valence-electron chi connectivity index (χ0n) is 15.4. The van der Waals surface area contributed by atoms with Crippen molar-refractivity contribution in [2.24, 2.45) is 0 Å². The molecule has 0 bridgehead atoms. The molecule has 4 rings (SSSR count). The van der Waals surface area contributed by atoms with E-state index in [2.05, 4.69) is 15.4 Å². The van der Waals surface area contributed by atoms with Crippen LogP contribution >= 0.6 is 0 Å². The third-order valence-electron chi connectivity index (χ3n) is 4.90. The highest BCUT2D eigenvalue weighted by atomic mass is 19.1. The fourth-order valence-electron chi connectivity index (χ4n) is 3.48. The highest BCUT2D eigenvalue weighted by molar-refractivity contribution is 6.08. The number of likely N-dealkylation sites (tertiary alicyclic amines) is 1. The van der Waals surface area contributed by atoms with Gasteiger partial charge in [-0.2, -0.15) is 0 Å². The molecule has 1 fully saturated rings. The van der Waals surface area contributed by atoms with Crippen LogP contribution in [0.2, 0.25) is 0 Å². The van der Waals surface area contributed by atoms with Gasteiger partial charge in [-0.05, 0) is 19.1 Å². The van der Waals surface area contributed by atoms with Crippen LogP contribution in [0.25, 0.3) is 5.65 Å². The summed E-state index contributed by atoms with van der Waals surface area (Å²) < 4.78 is 27.8. The molecule has 3 aromatic rings. The van der Waals surface area contributed by atoms with Crippen molar-refractivity contribution in [3.05, 3.63) is 63.7 Å². The number of nitrogens with zero attached hydrogens (tertiary/aromatic N) is 3. The second kappa shape index (κ2) is 7.12. The summed E-state index contributed by atoms with van der Waals surface area (Å²) in [7, 11) is 0. The highest BCUT2D eigenvalue weighted by Crippen LogP contribution is 2.26. The van der Waals surface area contributed by atoms with Gasteiger partial charge in [0.05, 0.1) is 5.69 Å². The molecular weight excluding hydrogens is 384 g/mol. The number of hydrogen-bond acceptors (Lipinski definition) is 4. The number of fused-ring (bicyclic) bond motifs is 1. The van der Waals surface area contributed by atoms with Crippen LogP contribution in [-0.2, 0) is 4.79 Å². The summed E-state index contributed by atoms with van der Waals surface area (Å²) in [5, 5.41) is 5.04. The molecule has 10 heteroatoms. The monoisotopic (exact) mass is 401 g/mol. The second-order valence-corrected chi connectivity index (χ2v) is 6.81. The standard InChI is InChI=1S/C19H17F2N5O3/c1-2-25-9-10(3-16(25)27)15-7-17(28)26-18(24-15)14(8-22-26)19(29)23-13-5-11(20)4-12(21)6-13/h4-8,10,22H,2-3,9H2,1H3,(H,23,29)/t10-/m0/s1. The number of aromatic nitrogens is 3. The number of carbonyl (C=O) groups is 2. The van der Waals surface area contributed by atoms with Crippen molar-refractivity contribution in [2.75, 3.05) is 18.4 Å². The minimum absolute atomic E-state index is 0.0142. The van der Waals surface area contributed by atoms with Gasteiger partial charge in [0.15, 0.2) is 5.65 Å². The lowest BCUT2D eigenvalue weighted by molar-refractivity contribution is -0.127. The van der Waals surface area contributed by atoms with E-state index >= 15 is 0 Å². The number of aromatic amines is 1. The van der Waals surface area contributed by atoms with Gasteiger partial charge in [0, 0.05) is 49.4 Å². The van der Waals surface area contributed by atoms with Crippen molar-refractivity contribution in [3.63, 3.8) is 0 Å². The maximum atomic E-state index is 13.4. The topological polar surface area (TPSA) is 99.6 Å². The number of halogens is 2. The lowest BCUT2D eigenvalue weighted by atomic mass is 10.0. The minimum Gasteiger partial charge on any atom is -0.342 e. The molecule has 2 N–H and O–H groups in total. The number of carbonyl (C=O) groups excluding carboxylic acids is 2. The molecule has 150 valence electrons. The first-order valence-electron chi connectivity index (χ1n) is 9.02. The van der Waals surface area contributed by atoms with E-state index in [1.54, 1.807) is 4.90 Å². The molecule has 2 amide bonds. The second-order valence-electron chi connectivity index (χ2n) is 6.81. The third-order valence-corrected chi connectivity index (χ3v) is 4.90. The summed E-state index contributed by atoms with van der Waals surface area (Å²) in [4.78, 5) is 43.2. The Morgan fingerprint density at radius 3 is 2.62 bits per heavy atom. The molecule has 1 atom stereocenters. The van der Waals surface area contributed by atoms with Gasteiger partial charge < -0.3 is 10.2 Å².